The van der Waals surface area contributed by atoms with E-state index in [1.54, 1.807) is 6.07 Å². The minimum Gasteiger partial charge on any atom is -0.508 e. The number of hydrogen-bond donors (Lipinski definition) is 2. The van der Waals surface area contributed by atoms with Crippen LogP contribution in [0.2, 0.25) is 0 Å². The minimum atomic E-state index is -0.195. The van der Waals surface area contributed by atoms with Crippen molar-refractivity contribution in [2.45, 2.75) is 6.42 Å². The fraction of sp³-hybridized carbons (Fsp3) is 0.0526. The molecule has 0 atom stereocenters. The third-order valence-corrected chi connectivity index (χ3v) is 3.95. The minimum absolute atomic E-state index is 0.0997. The van der Waals surface area contributed by atoms with Crippen LogP contribution in [0.5, 0.6) is 5.75 Å². The summed E-state index contributed by atoms with van der Waals surface area (Å²) in [5, 5.41) is 10.0. The molecule has 5 nitrogen and oxygen atoms in total. The molecule has 0 amide bonds. The second-order valence-corrected chi connectivity index (χ2v) is 5.65. The first-order chi connectivity index (χ1) is 11.7. The summed E-state index contributed by atoms with van der Waals surface area (Å²) in [4.78, 5) is 19.4. The highest BCUT2D eigenvalue weighted by molar-refractivity contribution is 5.78. The van der Waals surface area contributed by atoms with E-state index in [1.807, 2.05) is 53.4 Å². The van der Waals surface area contributed by atoms with E-state index in [-0.39, 0.29) is 11.3 Å². The van der Waals surface area contributed by atoms with Gasteiger partial charge in [-0.05, 0) is 42.0 Å². The summed E-state index contributed by atoms with van der Waals surface area (Å²) in [6, 6.07) is 16.6. The second kappa shape index (κ2) is 5.70. The maximum absolute atomic E-state index is 12.1. The van der Waals surface area contributed by atoms with E-state index in [2.05, 4.69) is 9.97 Å². The molecule has 4 aromatic rings. The molecule has 2 N–H and O–H groups in total. The van der Waals surface area contributed by atoms with E-state index < -0.39 is 0 Å². The van der Waals surface area contributed by atoms with Gasteiger partial charge in [-0.2, -0.15) is 0 Å². The third kappa shape index (κ3) is 2.67. The van der Waals surface area contributed by atoms with E-state index in [1.165, 1.54) is 12.1 Å². The Morgan fingerprint density at radius 2 is 1.79 bits per heavy atom. The summed E-state index contributed by atoms with van der Waals surface area (Å²) in [5.41, 5.74) is 2.43. The van der Waals surface area contributed by atoms with Gasteiger partial charge in [0.25, 0.3) is 5.56 Å². The maximum atomic E-state index is 12.1. The van der Waals surface area contributed by atoms with Gasteiger partial charge in [0.1, 0.15) is 11.6 Å². The van der Waals surface area contributed by atoms with Crippen molar-refractivity contribution in [3.8, 4) is 11.4 Å². The molecule has 24 heavy (non-hydrogen) atoms. The Bertz CT molecular complexity index is 1050. The number of benzene rings is 2. The fourth-order valence-electron chi connectivity index (χ4n) is 2.75. The highest BCUT2D eigenvalue weighted by Gasteiger charge is 2.06. The third-order valence-electron chi connectivity index (χ3n) is 3.95. The number of rotatable bonds is 3. The van der Waals surface area contributed by atoms with Gasteiger partial charge in [0.2, 0.25) is 0 Å². The van der Waals surface area contributed by atoms with Gasteiger partial charge >= 0.3 is 0 Å². The number of aromatic nitrogens is 3. The van der Waals surface area contributed by atoms with Crippen LogP contribution in [0.25, 0.3) is 16.6 Å². The molecule has 0 fully saturated rings. The number of H-pyrrole nitrogens is 1. The van der Waals surface area contributed by atoms with E-state index >= 15 is 0 Å². The summed E-state index contributed by atoms with van der Waals surface area (Å²) in [7, 11) is 0. The fourth-order valence-corrected chi connectivity index (χ4v) is 2.75. The summed E-state index contributed by atoms with van der Waals surface area (Å²) in [6.45, 7) is 0. The largest absolute Gasteiger partial charge is 0.508 e. The maximum Gasteiger partial charge on any atom is 0.258 e. The number of hydrogen-bond acceptors (Lipinski definition) is 3. The summed E-state index contributed by atoms with van der Waals surface area (Å²) in [5.74, 6) is 0.675. The monoisotopic (exact) mass is 317 g/mol. The van der Waals surface area contributed by atoms with Crippen LogP contribution in [0.15, 0.2) is 71.8 Å². The molecule has 0 bridgehead atoms. The molecule has 2 heterocycles. The summed E-state index contributed by atoms with van der Waals surface area (Å²) in [6.07, 6.45) is 4.50. The van der Waals surface area contributed by atoms with Crippen molar-refractivity contribution in [2.24, 2.45) is 0 Å². The molecule has 0 aliphatic heterocycles. The van der Waals surface area contributed by atoms with Crippen molar-refractivity contribution in [1.82, 2.24) is 14.5 Å². The zero-order chi connectivity index (χ0) is 16.5. The number of aromatic hydroxyl groups is 1. The number of nitrogens with zero attached hydrogens (tertiary/aromatic N) is 2. The summed E-state index contributed by atoms with van der Waals surface area (Å²) < 4.78 is 2.03. The van der Waals surface area contributed by atoms with Crippen molar-refractivity contribution in [3.63, 3.8) is 0 Å². The Hall–Kier alpha value is -3.34. The molecular weight excluding hydrogens is 302 g/mol. The van der Waals surface area contributed by atoms with Crippen LogP contribution in [-0.4, -0.2) is 19.6 Å². The van der Waals surface area contributed by atoms with Crippen LogP contribution in [-0.2, 0) is 6.42 Å². The van der Waals surface area contributed by atoms with Crippen LogP contribution in [0, 0.1) is 0 Å². The number of nitrogens with one attached hydrogen (secondary N) is 1. The van der Waals surface area contributed by atoms with Gasteiger partial charge in [-0.3, -0.25) is 4.79 Å². The summed E-state index contributed by atoms with van der Waals surface area (Å²) >= 11 is 0. The molecule has 0 saturated heterocycles. The van der Waals surface area contributed by atoms with E-state index in [0.717, 1.165) is 11.3 Å². The van der Waals surface area contributed by atoms with Crippen molar-refractivity contribution >= 4 is 10.9 Å². The molecule has 0 radical (unpaired) electrons. The molecule has 4 rings (SSSR count). The van der Waals surface area contributed by atoms with E-state index in [0.29, 0.717) is 23.1 Å². The quantitative estimate of drug-likeness (QED) is 0.610. The zero-order valence-corrected chi connectivity index (χ0v) is 12.8. The smallest absolute Gasteiger partial charge is 0.258 e. The van der Waals surface area contributed by atoms with Crippen LogP contribution in [0.3, 0.4) is 0 Å². The Labute approximate surface area is 137 Å². The lowest BCUT2D eigenvalue weighted by Gasteiger charge is -2.06. The molecular formula is C19H15N3O2. The van der Waals surface area contributed by atoms with Crippen molar-refractivity contribution in [3.05, 3.63) is 88.7 Å². The normalized spacial score (nSPS) is 11.0. The standard InChI is InChI=1S/C19H15N3O2/c23-15-7-8-16-17(12-15)20-18(21-19(16)24)11-13-3-5-14(6-4-13)22-9-1-2-10-22/h1-10,12,23H,11H2,(H,20,21,24). The van der Waals surface area contributed by atoms with Crippen molar-refractivity contribution in [2.75, 3.05) is 0 Å². The second-order valence-electron chi connectivity index (χ2n) is 5.65. The highest BCUT2D eigenvalue weighted by atomic mass is 16.3. The van der Waals surface area contributed by atoms with Crippen LogP contribution >= 0.6 is 0 Å². The van der Waals surface area contributed by atoms with Gasteiger partial charge in [0.15, 0.2) is 0 Å². The first-order valence-electron chi connectivity index (χ1n) is 7.63. The van der Waals surface area contributed by atoms with Gasteiger partial charge in [-0.15, -0.1) is 0 Å². The van der Waals surface area contributed by atoms with Crippen molar-refractivity contribution in [1.29, 1.82) is 0 Å². The Balaban J connectivity index is 1.65. The zero-order valence-electron chi connectivity index (χ0n) is 12.8. The lowest BCUT2D eigenvalue weighted by atomic mass is 10.1. The molecule has 2 aromatic heterocycles. The number of aromatic amines is 1. The molecule has 0 spiro atoms. The first-order valence-corrected chi connectivity index (χ1v) is 7.63. The van der Waals surface area contributed by atoms with Crippen LogP contribution in [0.1, 0.15) is 11.4 Å². The molecule has 118 valence electrons. The number of phenolic OH excluding ortho intramolecular Hbond substituents is 1. The average Bonchev–Trinajstić information content (AvgIpc) is 3.09. The van der Waals surface area contributed by atoms with Crippen LogP contribution < -0.4 is 5.56 Å². The Kier molecular flexibility index (Phi) is 3.39. The molecule has 5 heteroatoms. The predicted molar refractivity (Wildman–Crippen MR) is 92.6 cm³/mol. The molecule has 2 aromatic carbocycles. The van der Waals surface area contributed by atoms with E-state index in [9.17, 15) is 9.90 Å². The van der Waals surface area contributed by atoms with Crippen molar-refractivity contribution < 1.29 is 5.11 Å². The van der Waals surface area contributed by atoms with Gasteiger partial charge in [-0.1, -0.05) is 12.1 Å². The van der Waals surface area contributed by atoms with Crippen LogP contribution in [0.4, 0.5) is 0 Å². The lowest BCUT2D eigenvalue weighted by Crippen LogP contribution is -2.12. The SMILES string of the molecule is O=c1[nH]c(Cc2ccc(-n3cccc3)cc2)nc2cc(O)ccc12. The lowest BCUT2D eigenvalue weighted by molar-refractivity contribution is 0.476. The molecule has 0 aliphatic carbocycles. The van der Waals surface area contributed by atoms with Gasteiger partial charge in [0, 0.05) is 30.6 Å². The van der Waals surface area contributed by atoms with Gasteiger partial charge in [-0.25, -0.2) is 4.98 Å². The van der Waals surface area contributed by atoms with Gasteiger partial charge in [0.05, 0.1) is 10.9 Å². The molecule has 0 saturated carbocycles. The number of fused-ring (bicyclic) bond motifs is 1. The van der Waals surface area contributed by atoms with Gasteiger partial charge < -0.3 is 14.7 Å². The first kappa shape index (κ1) is 14.3. The highest BCUT2D eigenvalue weighted by Crippen LogP contribution is 2.16. The number of phenols is 1. The van der Waals surface area contributed by atoms with E-state index in [4.69, 9.17) is 0 Å². The average molecular weight is 317 g/mol. The Morgan fingerprint density at radius 1 is 1.04 bits per heavy atom. The predicted octanol–water partition coefficient (Wildman–Crippen LogP) is 3.01. The topological polar surface area (TPSA) is 70.9 Å². The molecule has 0 aliphatic rings. The molecule has 0 unspecified atom stereocenters. The Morgan fingerprint density at radius 3 is 2.54 bits per heavy atom.